The summed E-state index contributed by atoms with van der Waals surface area (Å²) in [5.41, 5.74) is 22.7. The lowest BCUT2D eigenvalue weighted by atomic mass is 9.68. The van der Waals surface area contributed by atoms with Crippen molar-refractivity contribution in [2.24, 2.45) is 0 Å². The number of hydrogen-bond acceptors (Lipinski definition) is 5. The van der Waals surface area contributed by atoms with Crippen LogP contribution in [0, 0.1) is 0 Å². The third kappa shape index (κ3) is 6.16. The van der Waals surface area contributed by atoms with Gasteiger partial charge in [0.15, 0.2) is 17.5 Å². The Bertz CT molecular complexity index is 4600. The maximum atomic E-state index is 6.67. The maximum absolute atomic E-state index is 6.67. The molecule has 1 spiro atoms. The van der Waals surface area contributed by atoms with Gasteiger partial charge in [-0.2, -0.15) is 0 Å². The summed E-state index contributed by atoms with van der Waals surface area (Å²) in [6, 6.07) is 88.8. The summed E-state index contributed by atoms with van der Waals surface area (Å²) in [5, 5.41) is 3.99. The largest absolute Gasteiger partial charge is 0.456 e. The summed E-state index contributed by atoms with van der Waals surface area (Å²) in [6.07, 6.45) is 0. The molecule has 3 heterocycles. The van der Waals surface area contributed by atoms with Crippen molar-refractivity contribution < 1.29 is 8.83 Å². The number of hydrogen-bond donors (Lipinski definition) is 0. The van der Waals surface area contributed by atoms with Gasteiger partial charge in [0.25, 0.3) is 0 Å². The van der Waals surface area contributed by atoms with Gasteiger partial charge in [0, 0.05) is 38.2 Å². The second-order valence-electron chi connectivity index (χ2n) is 19.7. The molecule has 75 heavy (non-hydrogen) atoms. The zero-order valence-electron chi connectivity index (χ0n) is 40.3. The molecule has 2 aliphatic rings. The Morgan fingerprint density at radius 3 is 1.48 bits per heavy atom. The predicted octanol–water partition coefficient (Wildman–Crippen LogP) is 18.0. The van der Waals surface area contributed by atoms with Crippen molar-refractivity contribution in [2.45, 2.75) is 5.41 Å². The highest BCUT2D eigenvalue weighted by atomic mass is 16.3. The van der Waals surface area contributed by atoms with Crippen LogP contribution in [-0.4, -0.2) is 15.0 Å². The number of nitrogens with zero attached hydrogens (tertiary/aromatic N) is 3. The van der Waals surface area contributed by atoms with E-state index in [4.69, 9.17) is 23.8 Å². The van der Waals surface area contributed by atoms with Gasteiger partial charge in [0.05, 0.1) is 5.41 Å². The molecule has 3 aromatic heterocycles. The second kappa shape index (κ2) is 16.0. The van der Waals surface area contributed by atoms with Gasteiger partial charge in [-0.1, -0.05) is 200 Å². The molecular formula is C70H41N3O2. The predicted molar refractivity (Wildman–Crippen MR) is 303 cm³/mol. The Hall–Kier alpha value is -9.97. The zero-order valence-corrected chi connectivity index (χ0v) is 40.3. The molecule has 5 heteroatoms. The van der Waals surface area contributed by atoms with Crippen LogP contribution in [0.15, 0.2) is 258 Å². The molecule has 16 rings (SSSR count). The Morgan fingerprint density at radius 1 is 0.253 bits per heavy atom. The highest BCUT2D eigenvalue weighted by molar-refractivity contribution is 6.13. The molecule has 14 aromatic rings. The van der Waals surface area contributed by atoms with Crippen LogP contribution in [0.5, 0.6) is 0 Å². The molecular weight excluding hydrogens is 915 g/mol. The molecule has 0 amide bonds. The van der Waals surface area contributed by atoms with Crippen molar-refractivity contribution in [3.8, 4) is 89.8 Å². The molecule has 0 aliphatic heterocycles. The first-order valence-corrected chi connectivity index (χ1v) is 25.5. The molecule has 0 fully saturated rings. The second-order valence-corrected chi connectivity index (χ2v) is 19.7. The summed E-state index contributed by atoms with van der Waals surface area (Å²) < 4.78 is 12.9. The van der Waals surface area contributed by atoms with Crippen LogP contribution in [0.3, 0.4) is 0 Å². The van der Waals surface area contributed by atoms with Crippen LogP contribution < -0.4 is 0 Å². The minimum atomic E-state index is -0.461. The van der Waals surface area contributed by atoms with E-state index in [0.717, 1.165) is 82.8 Å². The fourth-order valence-corrected chi connectivity index (χ4v) is 12.5. The SMILES string of the molecule is c1ccc(-c2ccc(-c3nc(-c4ccc5oc6ccccc6c5c4)nc(-c4cccc5oc6ccc(-c7cccc(-c8cccc9c8C8(c%10ccccc%10-c%10ccccc%108)c8ccccc8-9)c7)cc6c45)n3)cc2)cc1. The third-order valence-corrected chi connectivity index (χ3v) is 15.8. The normalized spacial score (nSPS) is 12.9. The van der Waals surface area contributed by atoms with Crippen LogP contribution in [0.4, 0.5) is 0 Å². The molecule has 5 nitrogen and oxygen atoms in total. The third-order valence-electron chi connectivity index (χ3n) is 15.8. The van der Waals surface area contributed by atoms with Gasteiger partial charge in [0.1, 0.15) is 22.3 Å². The standard InChI is InChI=1S/C70H41N3O2/c1-2-15-42(16-3-1)43-31-33-44(34-32-43)67-71-68(48-36-38-62-56(41-48)53-22-7-11-29-61(53)74-62)73-69(72-67)55-25-14-30-64-65(55)57-40-46(35-37-63(57)75-64)45-17-12-18-47(39-45)49-23-13-24-54-52-21-6-10-28-60(52)70(66(49)54)58-26-8-4-19-50(58)51-20-5-9-27-59(51)70/h1-41H. The van der Waals surface area contributed by atoms with Gasteiger partial charge in [-0.15, -0.1) is 0 Å². The molecule has 11 aromatic carbocycles. The number of aromatic nitrogens is 3. The quantitative estimate of drug-likeness (QED) is 0.166. The smallest absolute Gasteiger partial charge is 0.164 e. The summed E-state index contributed by atoms with van der Waals surface area (Å²) >= 11 is 0. The first-order valence-electron chi connectivity index (χ1n) is 25.5. The van der Waals surface area contributed by atoms with Crippen LogP contribution in [0.2, 0.25) is 0 Å². The number of benzene rings is 11. The van der Waals surface area contributed by atoms with E-state index in [2.05, 4.69) is 200 Å². The van der Waals surface area contributed by atoms with Crippen LogP contribution in [0.25, 0.3) is 134 Å². The average molecular weight is 956 g/mol. The zero-order chi connectivity index (χ0) is 49.2. The van der Waals surface area contributed by atoms with Gasteiger partial charge < -0.3 is 8.83 Å². The molecule has 2 aliphatic carbocycles. The summed E-state index contributed by atoms with van der Waals surface area (Å²) in [4.78, 5) is 15.8. The first-order chi connectivity index (χ1) is 37.2. The van der Waals surface area contributed by atoms with Crippen molar-refractivity contribution in [3.05, 3.63) is 271 Å². The molecule has 0 radical (unpaired) electrons. The fraction of sp³-hybridized carbons (Fsp3) is 0.0143. The monoisotopic (exact) mass is 955 g/mol. The van der Waals surface area contributed by atoms with Crippen molar-refractivity contribution in [1.82, 2.24) is 15.0 Å². The highest BCUT2D eigenvalue weighted by Gasteiger charge is 2.52. The van der Waals surface area contributed by atoms with E-state index in [1.165, 1.54) is 55.6 Å². The van der Waals surface area contributed by atoms with E-state index in [-0.39, 0.29) is 0 Å². The Morgan fingerprint density at radius 2 is 0.707 bits per heavy atom. The number of rotatable bonds is 6. The van der Waals surface area contributed by atoms with E-state index in [9.17, 15) is 0 Å². The van der Waals surface area contributed by atoms with Crippen molar-refractivity contribution in [3.63, 3.8) is 0 Å². The molecule has 0 unspecified atom stereocenters. The lowest BCUT2D eigenvalue weighted by Gasteiger charge is -2.32. The van der Waals surface area contributed by atoms with Crippen LogP contribution in [0.1, 0.15) is 22.3 Å². The molecule has 0 N–H and O–H groups in total. The topological polar surface area (TPSA) is 65.0 Å². The van der Waals surface area contributed by atoms with E-state index in [1.807, 2.05) is 48.5 Å². The van der Waals surface area contributed by atoms with E-state index < -0.39 is 5.41 Å². The van der Waals surface area contributed by atoms with E-state index in [1.54, 1.807) is 0 Å². The number of fused-ring (bicyclic) bond motifs is 16. The molecule has 0 saturated carbocycles. The van der Waals surface area contributed by atoms with Gasteiger partial charge in [-0.05, 0) is 126 Å². The minimum Gasteiger partial charge on any atom is -0.456 e. The maximum Gasteiger partial charge on any atom is 0.164 e. The lowest BCUT2D eigenvalue weighted by molar-refractivity contribution is 0.668. The average Bonchev–Trinajstić information content (AvgIpc) is 4.25. The summed E-state index contributed by atoms with van der Waals surface area (Å²) in [6.45, 7) is 0. The number of furan rings is 2. The lowest BCUT2D eigenvalue weighted by Crippen LogP contribution is -2.26. The van der Waals surface area contributed by atoms with Crippen molar-refractivity contribution in [1.29, 1.82) is 0 Å². The minimum absolute atomic E-state index is 0.461. The van der Waals surface area contributed by atoms with Gasteiger partial charge in [-0.25, -0.2) is 15.0 Å². The Labute approximate surface area is 431 Å². The molecule has 348 valence electrons. The van der Waals surface area contributed by atoms with Crippen LogP contribution >= 0.6 is 0 Å². The first kappa shape index (κ1) is 41.6. The Kier molecular flexibility index (Phi) is 8.89. The molecule has 0 atom stereocenters. The fourth-order valence-electron chi connectivity index (χ4n) is 12.5. The molecule has 0 bridgehead atoms. The van der Waals surface area contributed by atoms with Crippen LogP contribution in [-0.2, 0) is 5.41 Å². The van der Waals surface area contributed by atoms with Gasteiger partial charge in [-0.3, -0.25) is 0 Å². The molecule has 0 saturated heterocycles. The van der Waals surface area contributed by atoms with Crippen molar-refractivity contribution in [2.75, 3.05) is 0 Å². The van der Waals surface area contributed by atoms with Gasteiger partial charge in [0.2, 0.25) is 0 Å². The Balaban J connectivity index is 0.850. The van der Waals surface area contributed by atoms with Crippen molar-refractivity contribution >= 4 is 43.9 Å². The number of para-hydroxylation sites is 1. The summed E-state index contributed by atoms with van der Waals surface area (Å²) in [7, 11) is 0. The highest BCUT2D eigenvalue weighted by Crippen LogP contribution is 2.64. The van der Waals surface area contributed by atoms with Gasteiger partial charge >= 0.3 is 0 Å². The van der Waals surface area contributed by atoms with E-state index >= 15 is 0 Å². The van der Waals surface area contributed by atoms with E-state index in [0.29, 0.717) is 17.5 Å². The summed E-state index contributed by atoms with van der Waals surface area (Å²) in [5.74, 6) is 1.71.